The molecule has 0 spiro atoms. The van der Waals surface area contributed by atoms with Crippen LogP contribution < -0.4 is 0 Å². The van der Waals surface area contributed by atoms with Gasteiger partial charge in [0.25, 0.3) is 0 Å². The number of hydrogen-bond donors (Lipinski definition) is 2. The summed E-state index contributed by atoms with van der Waals surface area (Å²) in [7, 11) is 4.53. The number of carbonyl (C=O) groups is 2. The van der Waals surface area contributed by atoms with Gasteiger partial charge in [-0.05, 0) is 123 Å². The Bertz CT molecular complexity index is 2370. The number of methoxy groups -OCH3 is 3. The Kier molecular flexibility index (Phi) is 12.4. The molecule has 10 nitrogen and oxygen atoms in total. The SMILES string of the molecule is COCC(C)c1c(C)c2cc3[nH]c(cc4nc(cc5nc(cc1[nH]2)C(C)=C5CCC(=O)OC)C(CCC(=O)OC)=C4C)c(C)c3C(C)OC(C)c1ccccc1. The van der Waals surface area contributed by atoms with E-state index in [0.29, 0.717) is 19.4 Å². The normalized spacial score (nSPS) is 14.5. The first-order chi connectivity index (χ1) is 26.8. The van der Waals surface area contributed by atoms with Crippen LogP contribution in [-0.4, -0.2) is 59.8 Å². The van der Waals surface area contributed by atoms with Crippen LogP contribution in [0.1, 0.15) is 129 Å². The summed E-state index contributed by atoms with van der Waals surface area (Å²) in [4.78, 5) is 42.7. The number of aromatic nitrogens is 4. The summed E-state index contributed by atoms with van der Waals surface area (Å²) in [6, 6.07) is 18.6. The van der Waals surface area contributed by atoms with Crippen LogP contribution in [-0.2, 0) is 28.5 Å². The molecule has 10 heteroatoms. The van der Waals surface area contributed by atoms with Gasteiger partial charge in [-0.15, -0.1) is 0 Å². The highest BCUT2D eigenvalue weighted by molar-refractivity contribution is 5.96. The minimum Gasteiger partial charge on any atom is -0.469 e. The Morgan fingerprint density at radius 1 is 0.625 bits per heavy atom. The monoisotopic (exact) mass is 758 g/mol. The van der Waals surface area contributed by atoms with E-state index in [-0.39, 0.29) is 42.9 Å². The highest BCUT2D eigenvalue weighted by atomic mass is 16.5. The van der Waals surface area contributed by atoms with Crippen molar-refractivity contribution in [3.8, 4) is 0 Å². The van der Waals surface area contributed by atoms with Crippen molar-refractivity contribution in [3.63, 3.8) is 0 Å². The molecule has 0 fully saturated rings. The van der Waals surface area contributed by atoms with Gasteiger partial charge in [0, 0.05) is 53.5 Å². The number of nitrogens with one attached hydrogen (secondary N) is 2. The van der Waals surface area contributed by atoms with Crippen LogP contribution >= 0.6 is 0 Å². The van der Waals surface area contributed by atoms with E-state index in [1.165, 1.54) is 14.2 Å². The summed E-state index contributed by atoms with van der Waals surface area (Å²) >= 11 is 0. The third-order valence-electron chi connectivity index (χ3n) is 11.2. The molecule has 2 aliphatic rings. The molecule has 6 rings (SSSR count). The molecule has 0 aliphatic carbocycles. The van der Waals surface area contributed by atoms with E-state index < -0.39 is 0 Å². The Labute approximate surface area is 329 Å². The van der Waals surface area contributed by atoms with Crippen molar-refractivity contribution < 1.29 is 28.5 Å². The third-order valence-corrected chi connectivity index (χ3v) is 11.2. The first-order valence-corrected chi connectivity index (χ1v) is 19.3. The fourth-order valence-electron chi connectivity index (χ4n) is 8.10. The molecule has 8 bridgehead atoms. The Morgan fingerprint density at radius 3 is 1.66 bits per heavy atom. The van der Waals surface area contributed by atoms with Gasteiger partial charge in [-0.25, -0.2) is 9.97 Å². The first kappa shape index (κ1) is 40.3. The van der Waals surface area contributed by atoms with E-state index in [1.54, 1.807) is 7.11 Å². The number of H-pyrrole nitrogens is 2. The summed E-state index contributed by atoms with van der Waals surface area (Å²) < 4.78 is 22.4. The number of aryl methyl sites for hydroxylation is 2. The number of aromatic amines is 2. The fraction of sp³-hybridized carbons (Fsp3) is 0.391. The molecule has 2 N–H and O–H groups in total. The Morgan fingerprint density at radius 2 is 1.12 bits per heavy atom. The van der Waals surface area contributed by atoms with Crippen molar-refractivity contribution in [2.24, 2.45) is 0 Å². The highest BCUT2D eigenvalue weighted by Crippen LogP contribution is 2.40. The van der Waals surface area contributed by atoms with Crippen molar-refractivity contribution in [3.05, 3.63) is 105 Å². The van der Waals surface area contributed by atoms with E-state index in [1.807, 2.05) is 38.1 Å². The molecule has 0 saturated carbocycles. The van der Waals surface area contributed by atoms with Gasteiger partial charge < -0.3 is 28.9 Å². The van der Waals surface area contributed by atoms with Crippen LogP contribution in [0, 0.1) is 13.8 Å². The van der Waals surface area contributed by atoms with E-state index in [9.17, 15) is 9.59 Å². The van der Waals surface area contributed by atoms with E-state index in [0.717, 1.165) is 95.0 Å². The number of rotatable bonds is 13. The van der Waals surface area contributed by atoms with Gasteiger partial charge in [-0.3, -0.25) is 9.59 Å². The van der Waals surface area contributed by atoms with Gasteiger partial charge in [0.05, 0.1) is 55.8 Å². The summed E-state index contributed by atoms with van der Waals surface area (Å²) in [5.74, 6) is -0.494. The number of fused-ring (bicyclic) bond motifs is 8. The largest absolute Gasteiger partial charge is 0.469 e. The number of allylic oxidation sites excluding steroid dienone is 4. The second-order valence-corrected chi connectivity index (χ2v) is 14.9. The summed E-state index contributed by atoms with van der Waals surface area (Å²) in [5, 5.41) is 0. The molecule has 0 saturated heterocycles. The van der Waals surface area contributed by atoms with Gasteiger partial charge in [-0.2, -0.15) is 0 Å². The number of ether oxygens (including phenoxy) is 4. The molecule has 3 unspecified atom stereocenters. The second-order valence-electron chi connectivity index (χ2n) is 14.9. The van der Waals surface area contributed by atoms with E-state index in [4.69, 9.17) is 28.9 Å². The average molecular weight is 759 g/mol. The van der Waals surface area contributed by atoms with Gasteiger partial charge in [0.2, 0.25) is 0 Å². The topological polar surface area (TPSA) is 128 Å². The van der Waals surface area contributed by atoms with Gasteiger partial charge in [0.15, 0.2) is 0 Å². The maximum absolute atomic E-state index is 12.4. The van der Waals surface area contributed by atoms with Crippen LogP contribution in [0.25, 0.3) is 44.4 Å². The number of carbonyl (C=O) groups excluding carboxylic acids is 2. The lowest BCUT2D eigenvalue weighted by atomic mass is 9.97. The summed E-state index contributed by atoms with van der Waals surface area (Å²) in [6.07, 6.45) is 0.937. The van der Waals surface area contributed by atoms with E-state index >= 15 is 0 Å². The average Bonchev–Trinajstić information content (AvgIpc) is 3.85. The molecule has 3 aromatic heterocycles. The molecule has 0 amide bonds. The molecule has 3 atom stereocenters. The van der Waals surface area contributed by atoms with Gasteiger partial charge in [0.1, 0.15) is 0 Å². The van der Waals surface area contributed by atoms with Crippen LogP contribution in [0.5, 0.6) is 0 Å². The van der Waals surface area contributed by atoms with Crippen LogP contribution in [0.3, 0.4) is 0 Å². The molecule has 294 valence electrons. The molecule has 2 aliphatic heterocycles. The fourth-order valence-corrected chi connectivity index (χ4v) is 8.10. The molecule has 5 heterocycles. The molecule has 56 heavy (non-hydrogen) atoms. The summed E-state index contributed by atoms with van der Waals surface area (Å²) in [6.45, 7) is 15.3. The molecule has 1 aromatic carbocycles. The number of hydrogen-bond acceptors (Lipinski definition) is 8. The van der Waals surface area contributed by atoms with Crippen molar-refractivity contribution in [1.29, 1.82) is 0 Å². The maximum atomic E-state index is 12.4. The second kappa shape index (κ2) is 17.2. The van der Waals surface area contributed by atoms with Crippen molar-refractivity contribution >= 4 is 56.3 Å². The zero-order chi connectivity index (χ0) is 40.3. The van der Waals surface area contributed by atoms with Gasteiger partial charge >= 0.3 is 11.9 Å². The molecular formula is C46H54N4O6. The zero-order valence-corrected chi connectivity index (χ0v) is 34.3. The molecule has 4 aromatic rings. The lowest BCUT2D eigenvalue weighted by molar-refractivity contribution is -0.141. The lowest BCUT2D eigenvalue weighted by Gasteiger charge is -2.20. The highest BCUT2D eigenvalue weighted by Gasteiger charge is 2.25. The standard InChI is InChI=1S/C46H54N4O6/c1-25(24-53-8)45-28(4)38-22-42-46(31(7)56-30(6)32-14-12-11-13-15-32)29(5)37(50-42)20-35-26(2)33(16-18-43(51)54-9)39(47-35)23-40-34(17-19-44(52)55-10)27(3)36(48-40)21-41(45)49-38/h11-15,20-23,25,30-31,49-50H,16-19,24H2,1-10H3. The maximum Gasteiger partial charge on any atom is 0.305 e. The van der Waals surface area contributed by atoms with Crippen molar-refractivity contribution in [1.82, 2.24) is 19.9 Å². The van der Waals surface area contributed by atoms with E-state index in [2.05, 4.69) is 74.9 Å². The predicted octanol–water partition coefficient (Wildman–Crippen LogP) is 10.3. The molecular weight excluding hydrogens is 705 g/mol. The quantitative estimate of drug-likeness (QED) is 0.129. The number of benzene rings is 1. The minimum absolute atomic E-state index is 0.0847. The van der Waals surface area contributed by atoms with Crippen LogP contribution in [0.15, 0.2) is 54.6 Å². The predicted molar refractivity (Wildman–Crippen MR) is 223 cm³/mol. The van der Waals surface area contributed by atoms with Crippen molar-refractivity contribution in [2.45, 2.75) is 92.3 Å². The zero-order valence-electron chi connectivity index (χ0n) is 34.3. The first-order valence-electron chi connectivity index (χ1n) is 19.3. The summed E-state index contributed by atoms with van der Waals surface area (Å²) in [5.41, 5.74) is 16.1. The Hall–Kier alpha value is -5.32. The minimum atomic E-state index is -0.291. The van der Waals surface area contributed by atoms with Gasteiger partial charge in [-0.1, -0.05) is 37.3 Å². The number of esters is 2. The van der Waals surface area contributed by atoms with Crippen molar-refractivity contribution in [2.75, 3.05) is 27.9 Å². The molecule has 0 radical (unpaired) electrons. The number of nitrogens with zero attached hydrogens (tertiary/aromatic N) is 2. The van der Waals surface area contributed by atoms with Crippen LogP contribution in [0.4, 0.5) is 0 Å². The third kappa shape index (κ3) is 8.27. The smallest absolute Gasteiger partial charge is 0.305 e. The lowest BCUT2D eigenvalue weighted by Crippen LogP contribution is -2.06. The van der Waals surface area contributed by atoms with Crippen LogP contribution in [0.2, 0.25) is 0 Å². The Balaban J connectivity index is 1.67.